The third-order valence-electron chi connectivity index (χ3n) is 5.52. The number of aromatic nitrogens is 2. The maximum atomic E-state index is 12.6. The number of aryl methyl sites for hydroxylation is 1. The van der Waals surface area contributed by atoms with Crippen LogP contribution in [-0.2, 0) is 15.2 Å². The molecule has 2 aliphatic rings. The Morgan fingerprint density at radius 3 is 2.27 bits per heavy atom. The summed E-state index contributed by atoms with van der Waals surface area (Å²) in [7, 11) is 0. The molecule has 4 rings (SSSR count). The van der Waals surface area contributed by atoms with Gasteiger partial charge in [-0.05, 0) is 31.5 Å². The van der Waals surface area contributed by atoms with Gasteiger partial charge in [-0.2, -0.15) is 0 Å². The number of rotatable bonds is 5. The zero-order valence-corrected chi connectivity index (χ0v) is 18.4. The molecule has 2 aliphatic heterocycles. The fourth-order valence-corrected chi connectivity index (χ4v) is 4.42. The van der Waals surface area contributed by atoms with Crippen LogP contribution in [0.5, 0.6) is 0 Å². The molecule has 1 aromatic carbocycles. The number of benzene rings is 1. The fraction of sp³-hybridized carbons (Fsp3) is 0.500. The van der Waals surface area contributed by atoms with E-state index in [1.165, 1.54) is 0 Å². The van der Waals surface area contributed by atoms with E-state index in [1.807, 2.05) is 36.1 Å². The molecule has 30 heavy (non-hydrogen) atoms. The van der Waals surface area contributed by atoms with Crippen molar-refractivity contribution in [1.29, 1.82) is 0 Å². The smallest absolute Gasteiger partial charge is 0.254 e. The largest absolute Gasteiger partial charge is 0.378 e. The lowest BCUT2D eigenvalue weighted by molar-refractivity contribution is 0.0303. The normalized spacial score (nSPS) is 17.3. The number of hydrogen-bond donors (Lipinski definition) is 0. The summed E-state index contributed by atoms with van der Waals surface area (Å²) in [6.45, 7) is 9.86. The topological polar surface area (TPSA) is 67.8 Å². The summed E-state index contributed by atoms with van der Waals surface area (Å²) in [4.78, 5) is 26.2. The number of morpholine rings is 2. The number of thioether (sulfide) groups is 1. The SMILES string of the molecule is Cc1nc(SCc2ccc(C(=O)N3CCOCC3)cc2)nc(N2CCOCC2)c1C. The van der Waals surface area contributed by atoms with Gasteiger partial charge in [0.1, 0.15) is 5.82 Å². The van der Waals surface area contributed by atoms with Crippen LogP contribution in [0.2, 0.25) is 0 Å². The summed E-state index contributed by atoms with van der Waals surface area (Å²) in [6, 6.07) is 7.86. The Morgan fingerprint density at radius 1 is 0.967 bits per heavy atom. The predicted molar refractivity (Wildman–Crippen MR) is 117 cm³/mol. The van der Waals surface area contributed by atoms with Crippen molar-refractivity contribution in [2.24, 2.45) is 0 Å². The van der Waals surface area contributed by atoms with E-state index in [2.05, 4.69) is 16.8 Å². The average Bonchev–Trinajstić information content (AvgIpc) is 2.81. The number of carbonyl (C=O) groups is 1. The first kappa shape index (κ1) is 21.1. The predicted octanol–water partition coefficient (Wildman–Crippen LogP) is 2.69. The molecule has 0 N–H and O–H groups in total. The molecule has 0 saturated carbocycles. The lowest BCUT2D eigenvalue weighted by atomic mass is 10.1. The third-order valence-corrected chi connectivity index (χ3v) is 6.44. The lowest BCUT2D eigenvalue weighted by Gasteiger charge is -2.29. The van der Waals surface area contributed by atoms with Gasteiger partial charge in [-0.1, -0.05) is 23.9 Å². The second-order valence-corrected chi connectivity index (χ2v) is 8.47. The van der Waals surface area contributed by atoms with Crippen molar-refractivity contribution in [1.82, 2.24) is 14.9 Å². The van der Waals surface area contributed by atoms with Gasteiger partial charge in [0.15, 0.2) is 5.16 Å². The van der Waals surface area contributed by atoms with E-state index in [-0.39, 0.29) is 5.91 Å². The van der Waals surface area contributed by atoms with Crippen molar-refractivity contribution in [2.45, 2.75) is 24.8 Å². The van der Waals surface area contributed by atoms with Gasteiger partial charge in [-0.3, -0.25) is 4.79 Å². The molecule has 2 saturated heterocycles. The standard InChI is InChI=1S/C22H28N4O3S/c1-16-17(2)23-22(24-20(16)25-7-11-28-12-8-25)30-15-18-3-5-19(6-4-18)21(27)26-9-13-29-14-10-26/h3-6H,7-15H2,1-2H3. The van der Waals surface area contributed by atoms with Crippen molar-refractivity contribution >= 4 is 23.5 Å². The van der Waals surface area contributed by atoms with E-state index in [9.17, 15) is 4.79 Å². The molecule has 0 bridgehead atoms. The Balaban J connectivity index is 1.40. The number of amides is 1. The summed E-state index contributed by atoms with van der Waals surface area (Å²) >= 11 is 1.62. The molecule has 0 unspecified atom stereocenters. The van der Waals surface area contributed by atoms with E-state index >= 15 is 0 Å². The molecule has 7 nitrogen and oxygen atoms in total. The fourth-order valence-electron chi connectivity index (χ4n) is 3.58. The van der Waals surface area contributed by atoms with Crippen LogP contribution < -0.4 is 4.90 Å². The lowest BCUT2D eigenvalue weighted by Crippen LogP contribution is -2.40. The molecule has 0 atom stereocenters. The van der Waals surface area contributed by atoms with Crippen LogP contribution in [0.25, 0.3) is 0 Å². The number of carbonyl (C=O) groups excluding carboxylic acids is 1. The minimum atomic E-state index is 0.0742. The zero-order chi connectivity index (χ0) is 20.9. The quantitative estimate of drug-likeness (QED) is 0.536. The molecule has 0 aliphatic carbocycles. The van der Waals surface area contributed by atoms with Gasteiger partial charge in [0.25, 0.3) is 5.91 Å². The number of ether oxygens (including phenoxy) is 2. The molecule has 0 radical (unpaired) electrons. The Labute approximate surface area is 181 Å². The second-order valence-electron chi connectivity index (χ2n) is 7.53. The second kappa shape index (κ2) is 9.76. The Morgan fingerprint density at radius 2 is 1.60 bits per heavy atom. The van der Waals surface area contributed by atoms with Crippen molar-refractivity contribution in [2.75, 3.05) is 57.5 Å². The Hall–Kier alpha value is -2.16. The van der Waals surface area contributed by atoms with Gasteiger partial charge in [-0.25, -0.2) is 9.97 Å². The molecular weight excluding hydrogens is 400 g/mol. The van der Waals surface area contributed by atoms with E-state index in [4.69, 9.17) is 14.5 Å². The van der Waals surface area contributed by atoms with Gasteiger partial charge < -0.3 is 19.3 Å². The van der Waals surface area contributed by atoms with E-state index in [1.54, 1.807) is 11.8 Å². The first-order chi connectivity index (χ1) is 14.6. The average molecular weight is 429 g/mol. The summed E-state index contributed by atoms with van der Waals surface area (Å²) in [6.07, 6.45) is 0. The molecule has 2 aromatic rings. The molecular formula is C22H28N4O3S. The van der Waals surface area contributed by atoms with Crippen LogP contribution in [-0.4, -0.2) is 73.4 Å². The number of hydrogen-bond acceptors (Lipinski definition) is 7. The van der Waals surface area contributed by atoms with Crippen molar-refractivity contribution in [3.8, 4) is 0 Å². The minimum Gasteiger partial charge on any atom is -0.378 e. The molecule has 1 amide bonds. The van der Waals surface area contributed by atoms with Crippen LogP contribution in [0.3, 0.4) is 0 Å². The molecule has 1 aromatic heterocycles. The summed E-state index contributed by atoms with van der Waals surface area (Å²) < 4.78 is 10.8. The van der Waals surface area contributed by atoms with Gasteiger partial charge in [-0.15, -0.1) is 0 Å². The highest BCUT2D eigenvalue weighted by Gasteiger charge is 2.19. The highest BCUT2D eigenvalue weighted by atomic mass is 32.2. The first-order valence-electron chi connectivity index (χ1n) is 10.4. The van der Waals surface area contributed by atoms with Crippen molar-refractivity contribution < 1.29 is 14.3 Å². The van der Waals surface area contributed by atoms with Crippen molar-refractivity contribution in [3.63, 3.8) is 0 Å². The van der Waals surface area contributed by atoms with Gasteiger partial charge in [0.2, 0.25) is 0 Å². The summed E-state index contributed by atoms with van der Waals surface area (Å²) in [5.41, 5.74) is 4.02. The number of nitrogens with zero attached hydrogens (tertiary/aromatic N) is 4. The van der Waals surface area contributed by atoms with Gasteiger partial charge >= 0.3 is 0 Å². The molecule has 3 heterocycles. The first-order valence-corrected chi connectivity index (χ1v) is 11.4. The highest BCUT2D eigenvalue weighted by Crippen LogP contribution is 2.26. The maximum Gasteiger partial charge on any atom is 0.254 e. The molecule has 2 fully saturated rings. The minimum absolute atomic E-state index is 0.0742. The maximum absolute atomic E-state index is 12.6. The van der Waals surface area contributed by atoms with Gasteiger partial charge in [0.05, 0.1) is 26.4 Å². The zero-order valence-electron chi connectivity index (χ0n) is 17.6. The number of anilines is 1. The van der Waals surface area contributed by atoms with E-state index in [0.717, 1.165) is 65.4 Å². The molecule has 8 heteroatoms. The van der Waals surface area contributed by atoms with E-state index in [0.29, 0.717) is 26.3 Å². The summed E-state index contributed by atoms with van der Waals surface area (Å²) in [5.74, 6) is 1.85. The molecule has 0 spiro atoms. The van der Waals surface area contributed by atoms with Crippen LogP contribution in [0, 0.1) is 13.8 Å². The van der Waals surface area contributed by atoms with Crippen LogP contribution in [0.1, 0.15) is 27.2 Å². The highest BCUT2D eigenvalue weighted by molar-refractivity contribution is 7.98. The third kappa shape index (κ3) is 4.94. The van der Waals surface area contributed by atoms with Crippen molar-refractivity contribution in [3.05, 3.63) is 46.6 Å². The van der Waals surface area contributed by atoms with E-state index < -0.39 is 0 Å². The van der Waals surface area contributed by atoms with Crippen LogP contribution >= 0.6 is 11.8 Å². The van der Waals surface area contributed by atoms with Crippen LogP contribution in [0.4, 0.5) is 5.82 Å². The van der Waals surface area contributed by atoms with Crippen LogP contribution in [0.15, 0.2) is 29.4 Å². The Kier molecular flexibility index (Phi) is 6.86. The molecule has 160 valence electrons. The van der Waals surface area contributed by atoms with Gasteiger partial charge in [0, 0.05) is 48.8 Å². The summed E-state index contributed by atoms with van der Waals surface area (Å²) in [5, 5.41) is 0.785. The monoisotopic (exact) mass is 428 g/mol. The Bertz CT molecular complexity index is 879.